The number of benzene rings is 1. The molecule has 1 amide bonds. The van der Waals surface area contributed by atoms with Crippen molar-refractivity contribution in [2.75, 3.05) is 31.2 Å². The monoisotopic (exact) mass is 380 g/mol. The fraction of sp³-hybridized carbons (Fsp3) is 0.389. The van der Waals surface area contributed by atoms with Crippen LogP contribution < -0.4 is 10.2 Å². The van der Waals surface area contributed by atoms with Gasteiger partial charge in [-0.15, -0.1) is 0 Å². The first-order chi connectivity index (χ1) is 12.9. The molecule has 144 valence electrons. The molecule has 2 heterocycles. The Morgan fingerprint density at radius 1 is 1.22 bits per heavy atom. The number of ether oxygens (including phenoxy) is 1. The molecule has 1 aromatic carbocycles. The van der Waals surface area contributed by atoms with E-state index in [-0.39, 0.29) is 13.0 Å². The molecular formula is C18H19F3N4O2. The van der Waals surface area contributed by atoms with E-state index in [4.69, 9.17) is 4.74 Å². The summed E-state index contributed by atoms with van der Waals surface area (Å²) in [6.07, 6.45) is -2.96. The molecule has 0 radical (unpaired) electrons. The number of carbonyl (C=O) groups excluding carboxylic acids is 1. The lowest BCUT2D eigenvalue weighted by molar-refractivity contribution is -0.137. The Bertz CT molecular complexity index is 792. The molecule has 3 rings (SSSR count). The smallest absolute Gasteiger partial charge is 0.378 e. The number of carbonyl (C=O) groups is 1. The minimum absolute atomic E-state index is 0.107. The molecule has 0 saturated carbocycles. The largest absolute Gasteiger partial charge is 0.416 e. The number of halogens is 3. The highest BCUT2D eigenvalue weighted by molar-refractivity contribution is 5.78. The van der Waals surface area contributed by atoms with Gasteiger partial charge in [-0.3, -0.25) is 4.79 Å². The zero-order valence-electron chi connectivity index (χ0n) is 14.5. The van der Waals surface area contributed by atoms with Crippen molar-refractivity contribution in [3.05, 3.63) is 53.5 Å². The Morgan fingerprint density at radius 2 is 2.00 bits per heavy atom. The second-order valence-electron chi connectivity index (χ2n) is 6.08. The van der Waals surface area contributed by atoms with Crippen LogP contribution in [0.2, 0.25) is 0 Å². The predicted molar refractivity (Wildman–Crippen MR) is 92.1 cm³/mol. The van der Waals surface area contributed by atoms with Crippen molar-refractivity contribution in [2.24, 2.45) is 0 Å². The highest BCUT2D eigenvalue weighted by Crippen LogP contribution is 2.29. The summed E-state index contributed by atoms with van der Waals surface area (Å²) in [5.41, 5.74) is -0.473. The van der Waals surface area contributed by atoms with Crippen molar-refractivity contribution in [3.63, 3.8) is 0 Å². The molecule has 1 N–H and O–H groups in total. The average Bonchev–Trinajstić information content (AvgIpc) is 2.67. The molecule has 0 atom stereocenters. The van der Waals surface area contributed by atoms with Gasteiger partial charge in [-0.25, -0.2) is 9.97 Å². The summed E-state index contributed by atoms with van der Waals surface area (Å²) in [7, 11) is 0. The SMILES string of the molecule is O=C(Cc1cccc(C(F)(F)F)c1)NCc1nccc(N2CCOCC2)n1. The first-order valence-corrected chi connectivity index (χ1v) is 8.49. The van der Waals surface area contributed by atoms with E-state index < -0.39 is 17.6 Å². The molecule has 1 aliphatic rings. The molecule has 0 bridgehead atoms. The van der Waals surface area contributed by atoms with Gasteiger partial charge in [0.05, 0.1) is 31.7 Å². The second-order valence-corrected chi connectivity index (χ2v) is 6.08. The third-order valence-corrected chi connectivity index (χ3v) is 4.09. The third-order valence-electron chi connectivity index (χ3n) is 4.09. The number of hydrogen-bond acceptors (Lipinski definition) is 5. The number of alkyl halides is 3. The van der Waals surface area contributed by atoms with Crippen molar-refractivity contribution in [2.45, 2.75) is 19.1 Å². The molecule has 6 nitrogen and oxygen atoms in total. The van der Waals surface area contributed by atoms with Crippen LogP contribution in [0, 0.1) is 0 Å². The molecule has 0 aliphatic carbocycles. The van der Waals surface area contributed by atoms with Crippen molar-refractivity contribution in [1.29, 1.82) is 0 Å². The molecule has 0 unspecified atom stereocenters. The van der Waals surface area contributed by atoms with Gasteiger partial charge in [0.2, 0.25) is 5.91 Å². The molecular weight excluding hydrogens is 361 g/mol. The maximum Gasteiger partial charge on any atom is 0.416 e. The number of aromatic nitrogens is 2. The van der Waals surface area contributed by atoms with Crippen LogP contribution in [0.1, 0.15) is 17.0 Å². The van der Waals surface area contributed by atoms with E-state index in [1.165, 1.54) is 12.1 Å². The summed E-state index contributed by atoms with van der Waals surface area (Å²) in [4.78, 5) is 22.7. The molecule has 27 heavy (non-hydrogen) atoms. The molecule has 1 aromatic heterocycles. The van der Waals surface area contributed by atoms with Gasteiger partial charge in [0, 0.05) is 19.3 Å². The van der Waals surface area contributed by atoms with E-state index in [1.807, 2.05) is 0 Å². The summed E-state index contributed by atoms with van der Waals surface area (Å²) in [6, 6.07) is 6.53. The zero-order chi connectivity index (χ0) is 19.3. The Kier molecular flexibility index (Phi) is 5.90. The lowest BCUT2D eigenvalue weighted by Crippen LogP contribution is -2.37. The van der Waals surface area contributed by atoms with Crippen LogP contribution in [-0.2, 0) is 28.7 Å². The highest BCUT2D eigenvalue weighted by Gasteiger charge is 2.30. The minimum Gasteiger partial charge on any atom is -0.378 e. The quantitative estimate of drug-likeness (QED) is 0.861. The van der Waals surface area contributed by atoms with Crippen LogP contribution in [-0.4, -0.2) is 42.2 Å². The van der Waals surface area contributed by atoms with E-state index in [0.717, 1.165) is 31.0 Å². The fourth-order valence-electron chi connectivity index (χ4n) is 2.73. The standard InChI is InChI=1S/C18H19F3N4O2/c19-18(20,21)14-3-1-2-13(10-14)11-17(26)23-12-15-22-5-4-16(24-15)25-6-8-27-9-7-25/h1-5,10H,6-9,11-12H2,(H,23,26). The lowest BCUT2D eigenvalue weighted by Gasteiger charge is -2.27. The van der Waals surface area contributed by atoms with Gasteiger partial charge >= 0.3 is 6.18 Å². The molecule has 2 aromatic rings. The Morgan fingerprint density at radius 3 is 2.74 bits per heavy atom. The minimum atomic E-state index is -4.43. The second kappa shape index (κ2) is 8.34. The van der Waals surface area contributed by atoms with Crippen LogP contribution in [0.4, 0.5) is 19.0 Å². The predicted octanol–water partition coefficient (Wildman–Crippen LogP) is 2.19. The van der Waals surface area contributed by atoms with Gasteiger partial charge in [-0.1, -0.05) is 18.2 Å². The van der Waals surface area contributed by atoms with E-state index in [1.54, 1.807) is 12.3 Å². The summed E-state index contributed by atoms with van der Waals surface area (Å²) >= 11 is 0. The summed E-state index contributed by atoms with van der Waals surface area (Å²) in [5.74, 6) is 0.807. The summed E-state index contributed by atoms with van der Waals surface area (Å²) in [5, 5.41) is 2.65. The first kappa shape index (κ1) is 19.1. The number of rotatable bonds is 5. The first-order valence-electron chi connectivity index (χ1n) is 8.49. The molecule has 0 spiro atoms. The lowest BCUT2D eigenvalue weighted by atomic mass is 10.1. The van der Waals surface area contributed by atoms with Crippen LogP contribution in [0.15, 0.2) is 36.5 Å². The number of hydrogen-bond donors (Lipinski definition) is 1. The number of amides is 1. The Balaban J connectivity index is 1.56. The normalized spacial score (nSPS) is 14.9. The molecule has 1 aliphatic heterocycles. The fourth-order valence-corrected chi connectivity index (χ4v) is 2.73. The van der Waals surface area contributed by atoms with Gasteiger partial charge < -0.3 is 15.0 Å². The van der Waals surface area contributed by atoms with Gasteiger partial charge in [0.25, 0.3) is 0 Å². The van der Waals surface area contributed by atoms with E-state index in [2.05, 4.69) is 20.2 Å². The number of morpholine rings is 1. The van der Waals surface area contributed by atoms with Crippen LogP contribution >= 0.6 is 0 Å². The molecule has 1 saturated heterocycles. The Hall–Kier alpha value is -2.68. The number of nitrogens with one attached hydrogen (secondary N) is 1. The van der Waals surface area contributed by atoms with Crippen molar-refractivity contribution >= 4 is 11.7 Å². The average molecular weight is 380 g/mol. The molecule has 1 fully saturated rings. The van der Waals surface area contributed by atoms with E-state index >= 15 is 0 Å². The van der Waals surface area contributed by atoms with Gasteiger partial charge in [-0.05, 0) is 17.7 Å². The van der Waals surface area contributed by atoms with Crippen LogP contribution in [0.5, 0.6) is 0 Å². The maximum absolute atomic E-state index is 12.7. The van der Waals surface area contributed by atoms with Crippen molar-refractivity contribution < 1.29 is 22.7 Å². The van der Waals surface area contributed by atoms with Crippen molar-refractivity contribution in [3.8, 4) is 0 Å². The topological polar surface area (TPSA) is 67.4 Å². The Labute approximate surface area is 154 Å². The summed E-state index contributed by atoms with van der Waals surface area (Å²) in [6.45, 7) is 2.84. The van der Waals surface area contributed by atoms with Crippen LogP contribution in [0.25, 0.3) is 0 Å². The van der Waals surface area contributed by atoms with Gasteiger partial charge in [-0.2, -0.15) is 13.2 Å². The number of nitrogens with zero attached hydrogens (tertiary/aromatic N) is 3. The highest BCUT2D eigenvalue weighted by atomic mass is 19.4. The third kappa shape index (κ3) is 5.40. The van der Waals surface area contributed by atoms with Crippen molar-refractivity contribution in [1.82, 2.24) is 15.3 Å². The molecule has 9 heteroatoms. The zero-order valence-corrected chi connectivity index (χ0v) is 14.5. The number of anilines is 1. The van der Waals surface area contributed by atoms with Gasteiger partial charge in [0.15, 0.2) is 0 Å². The maximum atomic E-state index is 12.7. The van der Waals surface area contributed by atoms with E-state index in [9.17, 15) is 18.0 Å². The summed E-state index contributed by atoms with van der Waals surface area (Å²) < 4.78 is 43.5. The van der Waals surface area contributed by atoms with E-state index in [0.29, 0.717) is 24.6 Å². The van der Waals surface area contributed by atoms with Crippen LogP contribution in [0.3, 0.4) is 0 Å². The van der Waals surface area contributed by atoms with Gasteiger partial charge in [0.1, 0.15) is 11.6 Å².